The first-order valence-electron chi connectivity index (χ1n) is 6.92. The molecule has 0 spiro atoms. The molecule has 1 saturated heterocycles. The number of benzene rings is 1. The maximum Gasteiger partial charge on any atom is 0.122 e. The van der Waals surface area contributed by atoms with E-state index in [-0.39, 0.29) is 5.92 Å². The molecule has 1 atom stereocenters. The third kappa shape index (κ3) is 3.08. The summed E-state index contributed by atoms with van der Waals surface area (Å²) in [6.45, 7) is 7.21. The molecule has 1 aromatic rings. The van der Waals surface area contributed by atoms with Gasteiger partial charge in [-0.15, -0.1) is 0 Å². The molecular formula is C16H22N2O. The minimum absolute atomic E-state index is 0.0392. The molecule has 19 heavy (non-hydrogen) atoms. The minimum Gasteiger partial charge on any atom is -0.496 e. The molecule has 0 aromatic heterocycles. The maximum atomic E-state index is 9.47. The Balaban J connectivity index is 2.22. The highest BCUT2D eigenvalue weighted by Gasteiger charge is 2.20. The second-order valence-electron chi connectivity index (χ2n) is 5.37. The van der Waals surface area contributed by atoms with Crippen molar-refractivity contribution in [3.05, 3.63) is 28.8 Å². The van der Waals surface area contributed by atoms with E-state index >= 15 is 0 Å². The molecule has 0 bridgehead atoms. The normalized spacial score (nSPS) is 17.2. The zero-order valence-electron chi connectivity index (χ0n) is 12.1. The van der Waals surface area contributed by atoms with Crippen molar-refractivity contribution >= 4 is 0 Å². The van der Waals surface area contributed by atoms with Crippen LogP contribution in [0.25, 0.3) is 0 Å². The maximum absolute atomic E-state index is 9.47. The van der Waals surface area contributed by atoms with Gasteiger partial charge in [-0.1, -0.05) is 6.07 Å². The Labute approximate surface area is 115 Å². The Kier molecular flexibility index (Phi) is 4.44. The summed E-state index contributed by atoms with van der Waals surface area (Å²) in [5.41, 5.74) is 3.39. The highest BCUT2D eigenvalue weighted by atomic mass is 16.5. The Morgan fingerprint density at radius 3 is 2.53 bits per heavy atom. The van der Waals surface area contributed by atoms with E-state index in [4.69, 9.17) is 4.74 Å². The van der Waals surface area contributed by atoms with E-state index in [1.807, 2.05) is 13.0 Å². The predicted molar refractivity (Wildman–Crippen MR) is 76.5 cm³/mol. The van der Waals surface area contributed by atoms with Gasteiger partial charge in [0.25, 0.3) is 0 Å². The Morgan fingerprint density at radius 1 is 1.26 bits per heavy atom. The molecule has 0 radical (unpaired) electrons. The van der Waals surface area contributed by atoms with E-state index in [0.29, 0.717) is 0 Å². The zero-order valence-corrected chi connectivity index (χ0v) is 12.1. The average Bonchev–Trinajstić information content (AvgIpc) is 2.91. The molecule has 3 heteroatoms. The average molecular weight is 258 g/mol. The number of ether oxygens (including phenoxy) is 1. The molecule has 2 rings (SSSR count). The van der Waals surface area contributed by atoms with Crippen molar-refractivity contribution < 1.29 is 4.74 Å². The first-order valence-corrected chi connectivity index (χ1v) is 6.92. The van der Waals surface area contributed by atoms with Crippen LogP contribution in [0, 0.1) is 25.2 Å². The van der Waals surface area contributed by atoms with Gasteiger partial charge in [0.15, 0.2) is 0 Å². The minimum atomic E-state index is -0.0392. The number of nitrogens with zero attached hydrogens (tertiary/aromatic N) is 2. The smallest absolute Gasteiger partial charge is 0.122 e. The molecule has 0 amide bonds. The standard InChI is InChI=1S/C16H22N2O/c1-12-9-16(19-3)13(2)8-15(12)14(10-17)11-18-6-4-5-7-18/h8-9,14H,4-7,11H2,1-3H3. The lowest BCUT2D eigenvalue weighted by Gasteiger charge is -2.21. The number of hydrogen-bond acceptors (Lipinski definition) is 3. The van der Waals surface area contributed by atoms with Crippen LogP contribution in [0.4, 0.5) is 0 Å². The van der Waals surface area contributed by atoms with Gasteiger partial charge in [0.1, 0.15) is 5.75 Å². The van der Waals surface area contributed by atoms with Crippen molar-refractivity contribution in [1.29, 1.82) is 5.26 Å². The summed E-state index contributed by atoms with van der Waals surface area (Å²) in [5.74, 6) is 0.863. The molecule has 3 nitrogen and oxygen atoms in total. The monoisotopic (exact) mass is 258 g/mol. The lowest BCUT2D eigenvalue weighted by Crippen LogP contribution is -2.25. The van der Waals surface area contributed by atoms with Crippen LogP contribution in [0.15, 0.2) is 12.1 Å². The van der Waals surface area contributed by atoms with Crippen LogP contribution >= 0.6 is 0 Å². The van der Waals surface area contributed by atoms with Gasteiger partial charge in [-0.05, 0) is 62.5 Å². The first-order chi connectivity index (χ1) is 9.15. The molecule has 1 aromatic carbocycles. The van der Waals surface area contributed by atoms with Crippen LogP contribution in [0.1, 0.15) is 35.4 Å². The van der Waals surface area contributed by atoms with Crippen molar-refractivity contribution in [2.24, 2.45) is 0 Å². The van der Waals surface area contributed by atoms with Crippen LogP contribution in [-0.4, -0.2) is 31.6 Å². The molecule has 0 saturated carbocycles. The molecule has 1 aliphatic heterocycles. The Bertz CT molecular complexity index is 484. The van der Waals surface area contributed by atoms with Crippen molar-refractivity contribution in [2.45, 2.75) is 32.6 Å². The number of methoxy groups -OCH3 is 1. The number of hydrogen-bond donors (Lipinski definition) is 0. The highest BCUT2D eigenvalue weighted by molar-refractivity contribution is 5.44. The van der Waals surface area contributed by atoms with Crippen molar-refractivity contribution in [3.8, 4) is 11.8 Å². The summed E-state index contributed by atoms with van der Waals surface area (Å²) in [7, 11) is 1.69. The summed E-state index contributed by atoms with van der Waals surface area (Å²) >= 11 is 0. The van der Waals surface area contributed by atoms with Crippen LogP contribution in [-0.2, 0) is 0 Å². The third-order valence-electron chi connectivity index (χ3n) is 3.95. The van der Waals surface area contributed by atoms with Gasteiger partial charge in [0.2, 0.25) is 0 Å². The van der Waals surface area contributed by atoms with Gasteiger partial charge in [0, 0.05) is 6.54 Å². The zero-order chi connectivity index (χ0) is 13.8. The van der Waals surface area contributed by atoms with Crippen molar-refractivity contribution in [1.82, 2.24) is 4.90 Å². The van der Waals surface area contributed by atoms with E-state index in [2.05, 4.69) is 24.0 Å². The number of nitriles is 1. The SMILES string of the molecule is COc1cc(C)c(C(C#N)CN2CCCC2)cc1C. The molecular weight excluding hydrogens is 236 g/mol. The quantitative estimate of drug-likeness (QED) is 0.833. The molecule has 0 aliphatic carbocycles. The lowest BCUT2D eigenvalue weighted by atomic mass is 9.93. The van der Waals surface area contributed by atoms with Gasteiger partial charge in [0.05, 0.1) is 19.1 Å². The summed E-state index contributed by atoms with van der Waals surface area (Å²) in [6, 6.07) is 6.62. The Morgan fingerprint density at radius 2 is 1.95 bits per heavy atom. The van der Waals surface area contributed by atoms with Crippen LogP contribution in [0.5, 0.6) is 5.75 Å². The van der Waals surface area contributed by atoms with E-state index in [9.17, 15) is 5.26 Å². The molecule has 1 unspecified atom stereocenters. The molecule has 102 valence electrons. The van der Waals surface area contributed by atoms with E-state index in [1.165, 1.54) is 12.8 Å². The lowest BCUT2D eigenvalue weighted by molar-refractivity contribution is 0.331. The fourth-order valence-electron chi connectivity index (χ4n) is 2.84. The molecule has 0 N–H and O–H groups in total. The van der Waals surface area contributed by atoms with Crippen LogP contribution in [0.2, 0.25) is 0 Å². The second-order valence-corrected chi connectivity index (χ2v) is 5.37. The van der Waals surface area contributed by atoms with Crippen molar-refractivity contribution in [2.75, 3.05) is 26.7 Å². The van der Waals surface area contributed by atoms with Gasteiger partial charge in [-0.2, -0.15) is 5.26 Å². The topological polar surface area (TPSA) is 36.3 Å². The summed E-state index contributed by atoms with van der Waals surface area (Å²) in [4.78, 5) is 2.40. The van der Waals surface area contributed by atoms with Gasteiger partial charge < -0.3 is 9.64 Å². The third-order valence-corrected chi connectivity index (χ3v) is 3.95. The van der Waals surface area contributed by atoms with E-state index in [1.54, 1.807) is 7.11 Å². The van der Waals surface area contributed by atoms with Crippen molar-refractivity contribution in [3.63, 3.8) is 0 Å². The summed E-state index contributed by atoms with van der Waals surface area (Å²) in [5, 5.41) is 9.47. The van der Waals surface area contributed by atoms with Crippen LogP contribution in [0.3, 0.4) is 0 Å². The van der Waals surface area contributed by atoms with E-state index < -0.39 is 0 Å². The first kappa shape index (κ1) is 13.9. The van der Waals surface area contributed by atoms with Gasteiger partial charge in [-0.3, -0.25) is 0 Å². The highest BCUT2D eigenvalue weighted by Crippen LogP contribution is 2.28. The van der Waals surface area contributed by atoms with Crippen LogP contribution < -0.4 is 4.74 Å². The van der Waals surface area contributed by atoms with E-state index in [0.717, 1.165) is 42.1 Å². The summed E-state index contributed by atoms with van der Waals surface area (Å²) < 4.78 is 5.33. The number of rotatable bonds is 4. The second kappa shape index (κ2) is 6.08. The fraction of sp³-hybridized carbons (Fsp3) is 0.562. The predicted octanol–water partition coefficient (Wildman–Crippen LogP) is 3.02. The number of aryl methyl sites for hydroxylation is 2. The molecule has 1 fully saturated rings. The molecule has 1 aliphatic rings. The largest absolute Gasteiger partial charge is 0.496 e. The fourth-order valence-corrected chi connectivity index (χ4v) is 2.84. The van der Waals surface area contributed by atoms with Gasteiger partial charge >= 0.3 is 0 Å². The molecule has 1 heterocycles. The summed E-state index contributed by atoms with van der Waals surface area (Å²) in [6.07, 6.45) is 2.53. The Hall–Kier alpha value is -1.53. The number of likely N-dealkylation sites (tertiary alicyclic amines) is 1. The van der Waals surface area contributed by atoms with Gasteiger partial charge in [-0.25, -0.2) is 0 Å².